The standard InChI is InChI=1S/C12H13N3O/c1-8-3-4-11(10(13)7-8)16-12-14-6-5-9(2)15-12/h3-7H,13H2,1-2H3. The fraction of sp³-hybridized carbons (Fsp3) is 0.167. The highest BCUT2D eigenvalue weighted by Gasteiger charge is 2.04. The molecule has 82 valence electrons. The maximum absolute atomic E-state index is 5.83. The van der Waals surface area contributed by atoms with Gasteiger partial charge < -0.3 is 10.5 Å². The van der Waals surface area contributed by atoms with Crippen LogP contribution in [0.3, 0.4) is 0 Å². The topological polar surface area (TPSA) is 61.0 Å². The van der Waals surface area contributed by atoms with Gasteiger partial charge in [-0.3, -0.25) is 0 Å². The molecule has 2 rings (SSSR count). The zero-order chi connectivity index (χ0) is 11.5. The Morgan fingerprint density at radius 3 is 2.69 bits per heavy atom. The van der Waals surface area contributed by atoms with Crippen LogP contribution in [0, 0.1) is 13.8 Å². The lowest BCUT2D eigenvalue weighted by Crippen LogP contribution is -1.96. The molecule has 1 aromatic heterocycles. The van der Waals surface area contributed by atoms with E-state index in [1.807, 2.05) is 38.1 Å². The van der Waals surface area contributed by atoms with Crippen molar-refractivity contribution in [3.63, 3.8) is 0 Å². The van der Waals surface area contributed by atoms with Crippen LogP contribution in [0.1, 0.15) is 11.3 Å². The van der Waals surface area contributed by atoms with Crippen LogP contribution >= 0.6 is 0 Å². The van der Waals surface area contributed by atoms with Crippen molar-refractivity contribution < 1.29 is 4.74 Å². The summed E-state index contributed by atoms with van der Waals surface area (Å²) in [5, 5.41) is 0. The summed E-state index contributed by atoms with van der Waals surface area (Å²) in [7, 11) is 0. The zero-order valence-corrected chi connectivity index (χ0v) is 9.27. The quantitative estimate of drug-likeness (QED) is 0.782. The molecular formula is C12H13N3O. The first-order chi connectivity index (χ1) is 7.65. The van der Waals surface area contributed by atoms with E-state index in [0.29, 0.717) is 17.4 Å². The number of aryl methyl sites for hydroxylation is 2. The van der Waals surface area contributed by atoms with Crippen LogP contribution in [0.25, 0.3) is 0 Å². The summed E-state index contributed by atoms with van der Waals surface area (Å²) in [6.07, 6.45) is 1.65. The van der Waals surface area contributed by atoms with E-state index in [1.54, 1.807) is 6.20 Å². The fourth-order valence-corrected chi connectivity index (χ4v) is 1.33. The van der Waals surface area contributed by atoms with Crippen molar-refractivity contribution in [3.8, 4) is 11.8 Å². The summed E-state index contributed by atoms with van der Waals surface area (Å²) in [5.74, 6) is 0.580. The molecule has 0 bridgehead atoms. The van der Waals surface area contributed by atoms with Crippen molar-refractivity contribution in [1.29, 1.82) is 0 Å². The van der Waals surface area contributed by atoms with E-state index in [1.165, 1.54) is 0 Å². The Kier molecular flexibility index (Phi) is 2.72. The van der Waals surface area contributed by atoms with Crippen molar-refractivity contribution in [1.82, 2.24) is 9.97 Å². The molecule has 1 aromatic carbocycles. The number of rotatable bonds is 2. The lowest BCUT2D eigenvalue weighted by Gasteiger charge is -2.07. The molecule has 0 aliphatic carbocycles. The largest absolute Gasteiger partial charge is 0.422 e. The van der Waals surface area contributed by atoms with Gasteiger partial charge in [0, 0.05) is 11.9 Å². The SMILES string of the molecule is Cc1ccc(Oc2nccc(C)n2)c(N)c1. The minimum atomic E-state index is 0.315. The van der Waals surface area contributed by atoms with Crippen molar-refractivity contribution in [2.45, 2.75) is 13.8 Å². The van der Waals surface area contributed by atoms with Crippen LogP contribution in [0.2, 0.25) is 0 Å². The van der Waals surface area contributed by atoms with E-state index >= 15 is 0 Å². The van der Waals surface area contributed by atoms with Gasteiger partial charge in [0.05, 0.1) is 5.69 Å². The lowest BCUT2D eigenvalue weighted by molar-refractivity contribution is 0.442. The minimum absolute atomic E-state index is 0.315. The second-order valence-electron chi connectivity index (χ2n) is 3.62. The smallest absolute Gasteiger partial charge is 0.322 e. The van der Waals surface area contributed by atoms with Crippen molar-refractivity contribution in [3.05, 3.63) is 41.7 Å². The molecular weight excluding hydrogens is 202 g/mol. The number of ether oxygens (including phenoxy) is 1. The molecule has 0 saturated heterocycles. The second-order valence-corrected chi connectivity index (χ2v) is 3.62. The van der Waals surface area contributed by atoms with Gasteiger partial charge in [0.1, 0.15) is 0 Å². The molecule has 0 atom stereocenters. The molecule has 1 heterocycles. The highest BCUT2D eigenvalue weighted by Crippen LogP contribution is 2.25. The molecule has 0 spiro atoms. The molecule has 0 amide bonds. The first-order valence-electron chi connectivity index (χ1n) is 4.99. The predicted molar refractivity (Wildman–Crippen MR) is 62.4 cm³/mol. The molecule has 0 saturated carbocycles. The van der Waals surface area contributed by atoms with E-state index in [9.17, 15) is 0 Å². The number of nitrogen functional groups attached to an aromatic ring is 1. The van der Waals surface area contributed by atoms with Gasteiger partial charge in [0.2, 0.25) is 0 Å². The van der Waals surface area contributed by atoms with E-state index < -0.39 is 0 Å². The summed E-state index contributed by atoms with van der Waals surface area (Å²) in [5.41, 5.74) is 8.36. The van der Waals surface area contributed by atoms with Crippen molar-refractivity contribution in [2.24, 2.45) is 0 Å². The van der Waals surface area contributed by atoms with E-state index in [0.717, 1.165) is 11.3 Å². The van der Waals surface area contributed by atoms with Crippen LogP contribution in [0.15, 0.2) is 30.5 Å². The molecule has 0 unspecified atom stereocenters. The van der Waals surface area contributed by atoms with Gasteiger partial charge in [0.25, 0.3) is 0 Å². The number of nitrogens with zero attached hydrogens (tertiary/aromatic N) is 2. The van der Waals surface area contributed by atoms with Gasteiger partial charge in [-0.2, -0.15) is 0 Å². The van der Waals surface area contributed by atoms with Gasteiger partial charge in [0.15, 0.2) is 5.75 Å². The number of nitrogens with two attached hydrogens (primary N) is 1. The summed E-state index contributed by atoms with van der Waals surface area (Å²) in [6, 6.07) is 7.73. The highest BCUT2D eigenvalue weighted by molar-refractivity contribution is 5.54. The number of benzene rings is 1. The molecule has 16 heavy (non-hydrogen) atoms. The molecule has 0 radical (unpaired) electrons. The molecule has 4 heteroatoms. The van der Waals surface area contributed by atoms with Crippen LogP contribution in [0.5, 0.6) is 11.8 Å². The monoisotopic (exact) mass is 215 g/mol. The van der Waals surface area contributed by atoms with Crippen LogP contribution in [-0.4, -0.2) is 9.97 Å². The van der Waals surface area contributed by atoms with Crippen molar-refractivity contribution >= 4 is 5.69 Å². The van der Waals surface area contributed by atoms with Crippen molar-refractivity contribution in [2.75, 3.05) is 5.73 Å². The fourth-order valence-electron chi connectivity index (χ4n) is 1.33. The summed E-state index contributed by atoms with van der Waals surface area (Å²) < 4.78 is 5.50. The van der Waals surface area contributed by atoms with Gasteiger partial charge in [-0.05, 0) is 37.6 Å². The predicted octanol–water partition coefficient (Wildman–Crippen LogP) is 2.47. The summed E-state index contributed by atoms with van der Waals surface area (Å²) in [6.45, 7) is 3.86. The minimum Gasteiger partial charge on any atom is -0.422 e. The van der Waals surface area contributed by atoms with E-state index in [2.05, 4.69) is 9.97 Å². The Labute approximate surface area is 94.1 Å². The Balaban J connectivity index is 2.27. The summed E-state index contributed by atoms with van der Waals surface area (Å²) >= 11 is 0. The van der Waals surface area contributed by atoms with Crippen LogP contribution in [-0.2, 0) is 0 Å². The third kappa shape index (κ3) is 2.28. The Morgan fingerprint density at radius 1 is 1.19 bits per heavy atom. The third-order valence-corrected chi connectivity index (χ3v) is 2.14. The van der Waals surface area contributed by atoms with Gasteiger partial charge in [-0.25, -0.2) is 9.97 Å². The molecule has 2 aromatic rings. The maximum atomic E-state index is 5.83. The highest BCUT2D eigenvalue weighted by atomic mass is 16.5. The lowest BCUT2D eigenvalue weighted by atomic mass is 10.2. The van der Waals surface area contributed by atoms with E-state index in [4.69, 9.17) is 10.5 Å². The van der Waals surface area contributed by atoms with Gasteiger partial charge >= 0.3 is 6.01 Å². The normalized spacial score (nSPS) is 10.1. The number of hydrogen-bond acceptors (Lipinski definition) is 4. The Hall–Kier alpha value is -2.10. The average molecular weight is 215 g/mol. The number of aromatic nitrogens is 2. The van der Waals surface area contributed by atoms with Crippen LogP contribution < -0.4 is 10.5 Å². The molecule has 0 aliphatic heterocycles. The number of hydrogen-bond donors (Lipinski definition) is 1. The van der Waals surface area contributed by atoms with Crippen LogP contribution in [0.4, 0.5) is 5.69 Å². The molecule has 0 fully saturated rings. The Morgan fingerprint density at radius 2 is 2.00 bits per heavy atom. The first kappa shape index (κ1) is 10.4. The third-order valence-electron chi connectivity index (χ3n) is 2.14. The first-order valence-corrected chi connectivity index (χ1v) is 4.99. The zero-order valence-electron chi connectivity index (χ0n) is 9.27. The maximum Gasteiger partial charge on any atom is 0.322 e. The number of anilines is 1. The molecule has 4 nitrogen and oxygen atoms in total. The summed E-state index contributed by atoms with van der Waals surface area (Å²) in [4.78, 5) is 8.15. The average Bonchev–Trinajstić information content (AvgIpc) is 2.22. The second kappa shape index (κ2) is 4.18. The molecule has 2 N–H and O–H groups in total. The van der Waals surface area contributed by atoms with Gasteiger partial charge in [-0.1, -0.05) is 6.07 Å². The van der Waals surface area contributed by atoms with E-state index in [-0.39, 0.29) is 0 Å². The Bertz CT molecular complexity index is 511. The molecule has 0 aliphatic rings. The van der Waals surface area contributed by atoms with Gasteiger partial charge in [-0.15, -0.1) is 0 Å².